The van der Waals surface area contributed by atoms with E-state index in [4.69, 9.17) is 0 Å². The molecule has 12 aromatic rings. The molecule has 1 aliphatic rings. The van der Waals surface area contributed by atoms with Crippen LogP contribution in [0.4, 0.5) is 0 Å². The Bertz CT molecular complexity index is 3620. The van der Waals surface area contributed by atoms with Crippen molar-refractivity contribution in [2.24, 2.45) is 0 Å². The summed E-state index contributed by atoms with van der Waals surface area (Å²) in [5.74, 6) is 0. The second kappa shape index (κ2) is 11.3. The van der Waals surface area contributed by atoms with Gasteiger partial charge in [0.25, 0.3) is 0 Å². The maximum atomic E-state index is 2.54. The molecule has 13 rings (SSSR count). The maximum absolute atomic E-state index is 2.54. The first kappa shape index (κ1) is 30.3. The molecule has 0 N–H and O–H groups in total. The SMILES string of the molecule is c1ccc(-n2c3ccccc3c3c4cccc5c4n(c32)-c2cccc(-c3ccc4ccc(-n6c7ccccc7c7c8ccccc8ccc76)cc4c3)c2S5)cc1. The number of fused-ring (bicyclic) bond motifs is 13. The van der Waals surface area contributed by atoms with Gasteiger partial charge in [0.2, 0.25) is 0 Å². The van der Waals surface area contributed by atoms with Gasteiger partial charge in [0, 0.05) is 48.1 Å². The zero-order valence-corrected chi connectivity index (χ0v) is 31.0. The minimum atomic E-state index is 1.16. The van der Waals surface area contributed by atoms with Crippen molar-refractivity contribution < 1.29 is 0 Å². The van der Waals surface area contributed by atoms with Crippen LogP contribution in [-0.4, -0.2) is 13.7 Å². The molecule has 0 unspecified atom stereocenters. The Balaban J connectivity index is 1.03. The maximum Gasteiger partial charge on any atom is 0.131 e. The molecule has 3 nitrogen and oxygen atoms in total. The van der Waals surface area contributed by atoms with Crippen molar-refractivity contribution in [1.29, 1.82) is 0 Å². The molecule has 0 amide bonds. The van der Waals surface area contributed by atoms with E-state index in [0.717, 1.165) is 5.69 Å². The third-order valence-corrected chi connectivity index (χ3v) is 13.2. The molecule has 0 bridgehead atoms. The summed E-state index contributed by atoms with van der Waals surface area (Å²) in [6.07, 6.45) is 0. The first-order valence-electron chi connectivity index (χ1n) is 19.2. The van der Waals surface area contributed by atoms with E-state index >= 15 is 0 Å². The highest BCUT2D eigenvalue weighted by Crippen LogP contribution is 2.52. The van der Waals surface area contributed by atoms with Crippen LogP contribution in [0.1, 0.15) is 0 Å². The van der Waals surface area contributed by atoms with Gasteiger partial charge in [-0.25, -0.2) is 0 Å². The standard InChI is InChI=1S/C52H31N3S/c1-2-13-36(14-3-1)54-44-21-9-7-17-41(44)49-42-19-11-23-47-50(42)55(52(49)54)46-22-10-18-39(51(46)56-47)34-25-24-32-26-28-37(31-35(32)30-34)53-43-20-8-6-16-40(43)48-38-15-5-4-12-33(38)27-29-45(48)53/h1-31H. The summed E-state index contributed by atoms with van der Waals surface area (Å²) in [5.41, 5.74) is 12.2. The van der Waals surface area contributed by atoms with Crippen LogP contribution in [0.3, 0.4) is 0 Å². The molecular weight excluding hydrogens is 699 g/mol. The first-order valence-corrected chi connectivity index (χ1v) is 20.0. The van der Waals surface area contributed by atoms with Gasteiger partial charge in [0.1, 0.15) is 5.65 Å². The number of hydrogen-bond acceptors (Lipinski definition) is 1. The lowest BCUT2D eigenvalue weighted by molar-refractivity contribution is 1.03. The van der Waals surface area contributed by atoms with Crippen LogP contribution in [-0.2, 0) is 0 Å². The second-order valence-corrected chi connectivity index (χ2v) is 16.0. The Morgan fingerprint density at radius 3 is 1.95 bits per heavy atom. The molecule has 0 aliphatic carbocycles. The zero-order chi connectivity index (χ0) is 36.5. The molecule has 0 saturated heterocycles. The van der Waals surface area contributed by atoms with E-state index in [1.807, 2.05) is 11.8 Å². The summed E-state index contributed by atoms with van der Waals surface area (Å²) < 4.78 is 7.43. The van der Waals surface area contributed by atoms with Crippen molar-refractivity contribution in [1.82, 2.24) is 13.7 Å². The van der Waals surface area contributed by atoms with Crippen molar-refractivity contribution >= 4 is 88.0 Å². The number of para-hydroxylation sites is 4. The largest absolute Gasteiger partial charge is 0.309 e. The van der Waals surface area contributed by atoms with Gasteiger partial charge < -0.3 is 4.57 Å². The van der Waals surface area contributed by atoms with Crippen molar-refractivity contribution in [2.75, 3.05) is 0 Å². The molecule has 3 aromatic heterocycles. The van der Waals surface area contributed by atoms with E-state index < -0.39 is 0 Å². The molecule has 4 heteroatoms. The topological polar surface area (TPSA) is 14.8 Å². The van der Waals surface area contributed by atoms with Gasteiger partial charge in [-0.05, 0) is 93.3 Å². The van der Waals surface area contributed by atoms with Gasteiger partial charge in [-0.2, -0.15) is 0 Å². The molecule has 0 fully saturated rings. The highest BCUT2D eigenvalue weighted by atomic mass is 32.2. The highest BCUT2D eigenvalue weighted by molar-refractivity contribution is 8.00. The number of benzene rings is 9. The van der Waals surface area contributed by atoms with Crippen LogP contribution in [0.15, 0.2) is 198 Å². The summed E-state index contributed by atoms with van der Waals surface area (Å²) in [6.45, 7) is 0. The monoisotopic (exact) mass is 729 g/mol. The van der Waals surface area contributed by atoms with E-state index in [2.05, 4.69) is 202 Å². The molecule has 56 heavy (non-hydrogen) atoms. The molecule has 4 heterocycles. The smallest absolute Gasteiger partial charge is 0.131 e. The fraction of sp³-hybridized carbons (Fsp3) is 0. The lowest BCUT2D eigenvalue weighted by Gasteiger charge is -2.23. The molecule has 9 aromatic carbocycles. The third kappa shape index (κ3) is 4.03. The molecule has 0 radical (unpaired) electrons. The number of nitrogens with zero attached hydrogens (tertiary/aromatic N) is 3. The van der Waals surface area contributed by atoms with E-state index in [-0.39, 0.29) is 0 Å². The molecular formula is C52H31N3S. The molecule has 0 saturated carbocycles. The van der Waals surface area contributed by atoms with Crippen LogP contribution in [0.5, 0.6) is 0 Å². The summed E-state index contributed by atoms with van der Waals surface area (Å²) in [6, 6.07) is 69.3. The average molecular weight is 730 g/mol. The Morgan fingerprint density at radius 1 is 0.375 bits per heavy atom. The normalized spacial score (nSPS) is 12.6. The molecule has 0 atom stereocenters. The van der Waals surface area contributed by atoms with Crippen LogP contribution in [0.25, 0.3) is 104 Å². The summed E-state index contributed by atoms with van der Waals surface area (Å²) in [5, 5.41) is 11.5. The fourth-order valence-electron chi connectivity index (χ4n) is 9.62. The van der Waals surface area contributed by atoms with Gasteiger partial charge in [-0.15, -0.1) is 0 Å². The lowest BCUT2D eigenvalue weighted by Crippen LogP contribution is -2.06. The van der Waals surface area contributed by atoms with Crippen LogP contribution < -0.4 is 0 Å². The predicted octanol–water partition coefficient (Wildman–Crippen LogP) is 14.3. The second-order valence-electron chi connectivity index (χ2n) is 14.9. The average Bonchev–Trinajstić information content (AvgIpc) is 3.90. The minimum absolute atomic E-state index is 1.16. The highest BCUT2D eigenvalue weighted by Gasteiger charge is 2.29. The Labute approximate surface area is 326 Å². The fourth-order valence-corrected chi connectivity index (χ4v) is 10.8. The van der Waals surface area contributed by atoms with E-state index in [1.165, 1.54) is 108 Å². The third-order valence-electron chi connectivity index (χ3n) is 12.0. The van der Waals surface area contributed by atoms with E-state index in [1.54, 1.807) is 0 Å². The quantitative estimate of drug-likeness (QED) is 0.177. The molecule has 260 valence electrons. The first-order chi connectivity index (χ1) is 27.8. The Hall–Kier alpha value is -7.01. The Kier molecular flexibility index (Phi) is 6.10. The van der Waals surface area contributed by atoms with E-state index in [0.29, 0.717) is 0 Å². The van der Waals surface area contributed by atoms with Gasteiger partial charge in [-0.1, -0.05) is 139 Å². The number of aromatic nitrogens is 3. The summed E-state index contributed by atoms with van der Waals surface area (Å²) >= 11 is 1.90. The lowest BCUT2D eigenvalue weighted by atomic mass is 10.00. The van der Waals surface area contributed by atoms with Gasteiger partial charge in [0.05, 0.1) is 27.8 Å². The molecule has 0 spiro atoms. The summed E-state index contributed by atoms with van der Waals surface area (Å²) in [7, 11) is 0. The molecule has 1 aliphatic heterocycles. The number of rotatable bonds is 3. The van der Waals surface area contributed by atoms with Gasteiger partial charge in [-0.3, -0.25) is 9.13 Å². The van der Waals surface area contributed by atoms with Gasteiger partial charge >= 0.3 is 0 Å². The minimum Gasteiger partial charge on any atom is -0.309 e. The van der Waals surface area contributed by atoms with Crippen molar-refractivity contribution in [3.63, 3.8) is 0 Å². The van der Waals surface area contributed by atoms with Gasteiger partial charge in [0.15, 0.2) is 0 Å². The van der Waals surface area contributed by atoms with Crippen LogP contribution >= 0.6 is 11.8 Å². The van der Waals surface area contributed by atoms with Crippen molar-refractivity contribution in [3.8, 4) is 28.2 Å². The Morgan fingerprint density at radius 2 is 1.07 bits per heavy atom. The van der Waals surface area contributed by atoms with Crippen molar-refractivity contribution in [3.05, 3.63) is 188 Å². The van der Waals surface area contributed by atoms with Crippen molar-refractivity contribution in [2.45, 2.75) is 9.79 Å². The zero-order valence-electron chi connectivity index (χ0n) is 30.1. The number of hydrogen-bond donors (Lipinski definition) is 0. The summed E-state index contributed by atoms with van der Waals surface area (Å²) in [4.78, 5) is 2.56. The van der Waals surface area contributed by atoms with Crippen LogP contribution in [0.2, 0.25) is 0 Å². The predicted molar refractivity (Wildman–Crippen MR) is 237 cm³/mol. The van der Waals surface area contributed by atoms with Crippen LogP contribution in [0, 0.1) is 0 Å². The van der Waals surface area contributed by atoms with E-state index in [9.17, 15) is 0 Å².